The number of pyridine rings is 1. The van der Waals surface area contributed by atoms with Crippen LogP contribution in [0.25, 0.3) is 0 Å². The molecular weight excluding hydrogens is 190 g/mol. The second kappa shape index (κ2) is 6.93. The Balaban J connectivity index is 2.34. The summed E-state index contributed by atoms with van der Waals surface area (Å²) in [5.41, 5.74) is 1.41. The van der Waals surface area contributed by atoms with Crippen LogP contribution in [0.15, 0.2) is 18.3 Å². The topological polar surface area (TPSA) is 57.9 Å². The van der Waals surface area contributed by atoms with Crippen molar-refractivity contribution in [1.29, 1.82) is 5.26 Å². The maximum atomic E-state index is 8.79. The number of hydrogen-bond donors (Lipinski definition) is 1. The zero-order valence-electron chi connectivity index (χ0n) is 8.86. The summed E-state index contributed by atoms with van der Waals surface area (Å²) in [4.78, 5) is 3.98. The lowest BCUT2D eigenvalue weighted by atomic mass is 10.2. The highest BCUT2D eigenvalue weighted by Gasteiger charge is 2.00. The highest BCUT2D eigenvalue weighted by molar-refractivity contribution is 5.30. The van der Waals surface area contributed by atoms with Crippen LogP contribution in [-0.4, -0.2) is 24.7 Å². The Kier molecular flexibility index (Phi) is 5.38. The maximum Gasteiger partial charge on any atom is 0.144 e. The van der Waals surface area contributed by atoms with E-state index in [1.54, 1.807) is 6.20 Å². The van der Waals surface area contributed by atoms with Crippen molar-refractivity contribution < 1.29 is 4.74 Å². The summed E-state index contributed by atoms with van der Waals surface area (Å²) in [5.74, 6) is 0. The molecule has 0 saturated heterocycles. The van der Waals surface area contributed by atoms with Gasteiger partial charge < -0.3 is 10.1 Å². The number of nitriles is 1. The molecule has 0 spiro atoms. The maximum absolute atomic E-state index is 8.79. The lowest BCUT2D eigenvalue weighted by Gasteiger charge is -2.05. The molecule has 0 aliphatic carbocycles. The fourth-order valence-electron chi connectivity index (χ4n) is 1.19. The van der Waals surface area contributed by atoms with E-state index in [9.17, 15) is 0 Å². The van der Waals surface area contributed by atoms with Crippen LogP contribution in [-0.2, 0) is 11.3 Å². The number of nitrogens with zero attached hydrogens (tertiary/aromatic N) is 2. The van der Waals surface area contributed by atoms with E-state index in [0.29, 0.717) is 18.8 Å². The Morgan fingerprint density at radius 3 is 3.20 bits per heavy atom. The van der Waals surface area contributed by atoms with Crippen molar-refractivity contribution >= 4 is 0 Å². The van der Waals surface area contributed by atoms with E-state index in [4.69, 9.17) is 10.00 Å². The minimum absolute atomic E-state index is 0.487. The summed E-state index contributed by atoms with van der Waals surface area (Å²) in [6.07, 6.45) is 1.63. The zero-order valence-corrected chi connectivity index (χ0v) is 8.86. The molecule has 0 bridgehead atoms. The Morgan fingerprint density at radius 2 is 2.47 bits per heavy atom. The van der Waals surface area contributed by atoms with Crippen molar-refractivity contribution in [3.8, 4) is 6.07 Å². The fraction of sp³-hybridized carbons (Fsp3) is 0.455. The Labute approximate surface area is 89.9 Å². The first-order valence-electron chi connectivity index (χ1n) is 5.01. The first kappa shape index (κ1) is 11.6. The highest BCUT2D eigenvalue weighted by atomic mass is 16.5. The van der Waals surface area contributed by atoms with Crippen molar-refractivity contribution in [3.63, 3.8) is 0 Å². The van der Waals surface area contributed by atoms with Gasteiger partial charge in [0.05, 0.1) is 6.61 Å². The van der Waals surface area contributed by atoms with E-state index < -0.39 is 0 Å². The molecule has 0 saturated carbocycles. The van der Waals surface area contributed by atoms with Gasteiger partial charge in [-0.3, -0.25) is 0 Å². The van der Waals surface area contributed by atoms with Crippen molar-refractivity contribution in [2.24, 2.45) is 0 Å². The molecule has 1 aromatic heterocycles. The minimum Gasteiger partial charge on any atom is -0.380 e. The van der Waals surface area contributed by atoms with Crippen molar-refractivity contribution in [2.75, 3.05) is 19.8 Å². The van der Waals surface area contributed by atoms with Gasteiger partial charge in [0, 0.05) is 31.5 Å². The van der Waals surface area contributed by atoms with Gasteiger partial charge in [-0.1, -0.05) is 6.07 Å². The first-order valence-corrected chi connectivity index (χ1v) is 5.01. The molecule has 0 aliphatic rings. The summed E-state index contributed by atoms with van der Waals surface area (Å²) in [7, 11) is 0. The third kappa shape index (κ3) is 4.07. The summed E-state index contributed by atoms with van der Waals surface area (Å²) < 4.78 is 5.18. The average Bonchev–Trinajstić information content (AvgIpc) is 2.29. The Hall–Kier alpha value is -1.44. The summed E-state index contributed by atoms with van der Waals surface area (Å²) in [6.45, 7) is 4.84. The first-order chi connectivity index (χ1) is 7.38. The molecular formula is C11H15N3O. The van der Waals surface area contributed by atoms with Crippen molar-refractivity contribution in [2.45, 2.75) is 13.5 Å². The van der Waals surface area contributed by atoms with Crippen LogP contribution in [0.2, 0.25) is 0 Å². The molecule has 0 aliphatic heterocycles. The summed E-state index contributed by atoms with van der Waals surface area (Å²) in [5, 5.41) is 12.0. The molecule has 0 fully saturated rings. The normalized spacial score (nSPS) is 9.87. The molecule has 80 valence electrons. The van der Waals surface area contributed by atoms with Crippen LogP contribution >= 0.6 is 0 Å². The average molecular weight is 205 g/mol. The molecule has 4 nitrogen and oxygen atoms in total. The van der Waals surface area contributed by atoms with E-state index in [-0.39, 0.29) is 0 Å². The van der Waals surface area contributed by atoms with Crippen LogP contribution in [0.1, 0.15) is 18.2 Å². The number of aromatic nitrogens is 1. The highest BCUT2D eigenvalue weighted by Crippen LogP contribution is 2.02. The minimum atomic E-state index is 0.487. The molecule has 0 radical (unpaired) electrons. The standard InChI is InChI=1S/C11H15N3O/c1-2-15-7-6-13-9-10-4-3-5-14-11(10)8-12/h3-5,13H,2,6-7,9H2,1H3. The number of rotatable bonds is 6. The summed E-state index contributed by atoms with van der Waals surface area (Å²) in [6, 6.07) is 5.80. The van der Waals surface area contributed by atoms with Crippen LogP contribution in [0, 0.1) is 11.3 Å². The molecule has 0 unspecified atom stereocenters. The molecule has 1 heterocycles. The van der Waals surface area contributed by atoms with Crippen LogP contribution in [0.5, 0.6) is 0 Å². The largest absolute Gasteiger partial charge is 0.380 e. The lowest BCUT2D eigenvalue weighted by molar-refractivity contribution is 0.149. The molecule has 0 atom stereocenters. The molecule has 1 rings (SSSR count). The van der Waals surface area contributed by atoms with E-state index >= 15 is 0 Å². The molecule has 1 aromatic rings. The lowest BCUT2D eigenvalue weighted by Crippen LogP contribution is -2.19. The quantitative estimate of drug-likeness (QED) is 0.706. The molecule has 1 N–H and O–H groups in total. The van der Waals surface area contributed by atoms with Gasteiger partial charge in [0.15, 0.2) is 0 Å². The number of ether oxygens (including phenoxy) is 1. The molecule has 0 amide bonds. The molecule has 4 heteroatoms. The van der Waals surface area contributed by atoms with Crippen molar-refractivity contribution in [3.05, 3.63) is 29.6 Å². The van der Waals surface area contributed by atoms with Gasteiger partial charge in [0.1, 0.15) is 11.8 Å². The smallest absolute Gasteiger partial charge is 0.144 e. The van der Waals surface area contributed by atoms with Gasteiger partial charge in [-0.15, -0.1) is 0 Å². The second-order valence-electron chi connectivity index (χ2n) is 3.00. The van der Waals surface area contributed by atoms with Gasteiger partial charge in [-0.05, 0) is 13.0 Å². The predicted molar refractivity (Wildman–Crippen MR) is 57.2 cm³/mol. The SMILES string of the molecule is CCOCCNCc1cccnc1C#N. The Morgan fingerprint density at radius 1 is 1.60 bits per heavy atom. The monoisotopic (exact) mass is 205 g/mol. The predicted octanol–water partition coefficient (Wildman–Crippen LogP) is 1.08. The molecule has 15 heavy (non-hydrogen) atoms. The van der Waals surface area contributed by atoms with Gasteiger partial charge in [0.2, 0.25) is 0 Å². The third-order valence-electron chi connectivity index (χ3n) is 1.94. The van der Waals surface area contributed by atoms with E-state index in [2.05, 4.69) is 16.4 Å². The molecule has 0 aromatic carbocycles. The third-order valence-corrected chi connectivity index (χ3v) is 1.94. The van der Waals surface area contributed by atoms with Gasteiger partial charge >= 0.3 is 0 Å². The van der Waals surface area contributed by atoms with Gasteiger partial charge in [-0.25, -0.2) is 4.98 Å². The summed E-state index contributed by atoms with van der Waals surface area (Å²) >= 11 is 0. The van der Waals surface area contributed by atoms with Crippen molar-refractivity contribution in [1.82, 2.24) is 10.3 Å². The van der Waals surface area contributed by atoms with E-state index in [1.165, 1.54) is 0 Å². The van der Waals surface area contributed by atoms with Gasteiger partial charge in [0.25, 0.3) is 0 Å². The fourth-order valence-corrected chi connectivity index (χ4v) is 1.19. The zero-order chi connectivity index (χ0) is 10.9. The van der Waals surface area contributed by atoms with E-state index in [0.717, 1.165) is 18.7 Å². The number of hydrogen-bond acceptors (Lipinski definition) is 4. The van der Waals surface area contributed by atoms with Crippen LogP contribution < -0.4 is 5.32 Å². The van der Waals surface area contributed by atoms with E-state index in [1.807, 2.05) is 19.1 Å². The van der Waals surface area contributed by atoms with Crippen LogP contribution in [0.4, 0.5) is 0 Å². The van der Waals surface area contributed by atoms with Crippen LogP contribution in [0.3, 0.4) is 0 Å². The Bertz CT molecular complexity index is 333. The van der Waals surface area contributed by atoms with Gasteiger partial charge in [-0.2, -0.15) is 5.26 Å². The second-order valence-corrected chi connectivity index (χ2v) is 3.00. The number of nitrogens with one attached hydrogen (secondary N) is 1.